The number of aryl methyl sites for hydroxylation is 1. The summed E-state index contributed by atoms with van der Waals surface area (Å²) in [4.78, 5) is 7.28. The van der Waals surface area contributed by atoms with Crippen molar-refractivity contribution < 1.29 is 8.42 Å². The van der Waals surface area contributed by atoms with Crippen LogP contribution >= 0.6 is 0 Å². The highest BCUT2D eigenvalue weighted by molar-refractivity contribution is 7.89. The number of rotatable bonds is 7. The van der Waals surface area contributed by atoms with Crippen LogP contribution in [-0.2, 0) is 16.4 Å². The Hall–Kier alpha value is -2.06. The molecule has 0 aliphatic carbocycles. The molecule has 7 nitrogen and oxygen atoms in total. The highest BCUT2D eigenvalue weighted by atomic mass is 32.2. The van der Waals surface area contributed by atoms with Crippen LogP contribution in [0.4, 0.5) is 11.4 Å². The predicted octanol–water partition coefficient (Wildman–Crippen LogP) is 0.945. The van der Waals surface area contributed by atoms with Gasteiger partial charge in [-0.25, -0.2) is 18.1 Å². The first-order chi connectivity index (χ1) is 10.0. The summed E-state index contributed by atoms with van der Waals surface area (Å²) in [7, 11) is -2.16. The van der Waals surface area contributed by atoms with Crippen molar-refractivity contribution in [3.8, 4) is 0 Å². The van der Waals surface area contributed by atoms with Crippen LogP contribution in [0.15, 0.2) is 35.5 Å². The topological polar surface area (TPSA) is 113 Å². The minimum absolute atomic E-state index is 0.0890. The summed E-state index contributed by atoms with van der Waals surface area (Å²) in [5.41, 5.74) is 6.81. The molecule has 2 rings (SSSR count). The lowest BCUT2D eigenvalue weighted by Gasteiger charge is -2.10. The Morgan fingerprint density at radius 3 is 2.81 bits per heavy atom. The maximum Gasteiger partial charge on any atom is 0.242 e. The van der Waals surface area contributed by atoms with Crippen molar-refractivity contribution in [2.45, 2.75) is 17.7 Å². The van der Waals surface area contributed by atoms with E-state index >= 15 is 0 Å². The molecule has 1 aromatic carbocycles. The largest absolute Gasteiger partial charge is 0.398 e. The van der Waals surface area contributed by atoms with Gasteiger partial charge in [-0.1, -0.05) is 0 Å². The van der Waals surface area contributed by atoms with Gasteiger partial charge in [0.05, 0.1) is 5.69 Å². The highest BCUT2D eigenvalue weighted by Gasteiger charge is 2.15. The quantitative estimate of drug-likeness (QED) is 0.449. The van der Waals surface area contributed by atoms with E-state index in [-0.39, 0.29) is 10.6 Å². The molecule has 21 heavy (non-hydrogen) atoms. The minimum atomic E-state index is -3.52. The molecule has 114 valence electrons. The molecule has 0 bridgehead atoms. The van der Waals surface area contributed by atoms with E-state index in [2.05, 4.69) is 20.0 Å². The number of imidazole rings is 1. The number of hydrogen-bond donors (Lipinski definition) is 4. The molecule has 8 heteroatoms. The average Bonchev–Trinajstić information content (AvgIpc) is 2.96. The summed E-state index contributed by atoms with van der Waals surface area (Å²) in [6.45, 7) is 0.748. The van der Waals surface area contributed by atoms with E-state index < -0.39 is 10.0 Å². The second kappa shape index (κ2) is 6.59. The van der Waals surface area contributed by atoms with Crippen molar-refractivity contribution in [1.82, 2.24) is 14.7 Å². The van der Waals surface area contributed by atoms with E-state index in [1.165, 1.54) is 13.1 Å². The predicted molar refractivity (Wildman–Crippen MR) is 82.5 cm³/mol. The van der Waals surface area contributed by atoms with E-state index in [9.17, 15) is 8.42 Å². The van der Waals surface area contributed by atoms with Gasteiger partial charge in [-0.15, -0.1) is 0 Å². The highest BCUT2D eigenvalue weighted by Crippen LogP contribution is 2.22. The minimum Gasteiger partial charge on any atom is -0.398 e. The molecule has 0 saturated heterocycles. The van der Waals surface area contributed by atoms with Crippen molar-refractivity contribution in [3.63, 3.8) is 0 Å². The lowest BCUT2D eigenvalue weighted by Crippen LogP contribution is -2.20. The Bertz CT molecular complexity index is 683. The molecular weight excluding hydrogens is 290 g/mol. The summed E-state index contributed by atoms with van der Waals surface area (Å²) in [5, 5.41) is 3.21. The molecule has 5 N–H and O–H groups in total. The molecule has 2 aromatic rings. The Morgan fingerprint density at radius 1 is 1.38 bits per heavy atom. The van der Waals surface area contributed by atoms with E-state index in [4.69, 9.17) is 5.73 Å². The van der Waals surface area contributed by atoms with Crippen molar-refractivity contribution >= 4 is 21.4 Å². The smallest absolute Gasteiger partial charge is 0.242 e. The Kier molecular flexibility index (Phi) is 4.81. The molecule has 0 atom stereocenters. The van der Waals surface area contributed by atoms with Gasteiger partial charge in [0, 0.05) is 31.0 Å². The van der Waals surface area contributed by atoms with Gasteiger partial charge >= 0.3 is 0 Å². The van der Waals surface area contributed by atoms with Crippen LogP contribution in [0.5, 0.6) is 0 Å². The summed E-state index contributed by atoms with van der Waals surface area (Å²) in [6, 6.07) is 4.82. The van der Waals surface area contributed by atoms with Crippen molar-refractivity contribution in [2.24, 2.45) is 0 Å². The standard InChI is InChI=1S/C13H19N5O2S/c1-15-21(19,20)12-5-4-10(9-11(12)14)16-6-2-3-13-17-7-8-18-13/h4-5,7-9,15-16H,2-3,6,14H2,1H3,(H,17,18). The van der Waals surface area contributed by atoms with Crippen LogP contribution in [0.2, 0.25) is 0 Å². The molecule has 0 spiro atoms. The second-order valence-electron chi connectivity index (χ2n) is 4.53. The number of anilines is 2. The first-order valence-electron chi connectivity index (χ1n) is 6.58. The molecule has 0 saturated carbocycles. The lowest BCUT2D eigenvalue weighted by atomic mass is 10.2. The number of nitrogens with two attached hydrogens (primary N) is 1. The van der Waals surface area contributed by atoms with E-state index in [1.54, 1.807) is 24.5 Å². The van der Waals surface area contributed by atoms with Gasteiger partial charge in [0.25, 0.3) is 0 Å². The van der Waals surface area contributed by atoms with Gasteiger partial charge in [-0.2, -0.15) is 0 Å². The summed E-state index contributed by atoms with van der Waals surface area (Å²) < 4.78 is 25.7. The van der Waals surface area contributed by atoms with Crippen LogP contribution in [0.25, 0.3) is 0 Å². The second-order valence-corrected chi connectivity index (χ2v) is 6.38. The monoisotopic (exact) mass is 309 g/mol. The van der Waals surface area contributed by atoms with Crippen molar-refractivity contribution in [2.75, 3.05) is 24.6 Å². The number of H-pyrrole nitrogens is 1. The van der Waals surface area contributed by atoms with Gasteiger partial charge in [0.1, 0.15) is 10.7 Å². The number of hydrogen-bond acceptors (Lipinski definition) is 5. The third-order valence-corrected chi connectivity index (χ3v) is 4.53. The Morgan fingerprint density at radius 2 is 2.19 bits per heavy atom. The molecule has 0 aliphatic heterocycles. The third-order valence-electron chi connectivity index (χ3n) is 3.04. The zero-order valence-corrected chi connectivity index (χ0v) is 12.6. The van der Waals surface area contributed by atoms with E-state index in [0.29, 0.717) is 0 Å². The number of nitrogens with one attached hydrogen (secondary N) is 3. The van der Waals surface area contributed by atoms with Gasteiger partial charge in [-0.05, 0) is 31.7 Å². The van der Waals surface area contributed by atoms with Gasteiger partial charge < -0.3 is 16.0 Å². The fourth-order valence-corrected chi connectivity index (χ4v) is 2.77. The number of aromatic amines is 1. The maximum absolute atomic E-state index is 11.7. The van der Waals surface area contributed by atoms with Crippen LogP contribution in [0.1, 0.15) is 12.2 Å². The molecule has 0 radical (unpaired) electrons. The van der Waals surface area contributed by atoms with E-state index in [1.807, 2.05) is 0 Å². The summed E-state index contributed by atoms with van der Waals surface area (Å²) in [5.74, 6) is 0.951. The van der Waals surface area contributed by atoms with Crippen molar-refractivity contribution in [1.29, 1.82) is 0 Å². The number of nitrogen functional groups attached to an aromatic ring is 1. The van der Waals surface area contributed by atoms with Gasteiger partial charge in [-0.3, -0.25) is 0 Å². The zero-order chi connectivity index (χ0) is 15.3. The number of benzene rings is 1. The molecular formula is C13H19N5O2S. The van der Waals surface area contributed by atoms with Gasteiger partial charge in [0.2, 0.25) is 10.0 Å². The zero-order valence-electron chi connectivity index (χ0n) is 11.8. The molecule has 0 unspecified atom stereocenters. The van der Waals surface area contributed by atoms with Gasteiger partial charge in [0.15, 0.2) is 0 Å². The van der Waals surface area contributed by atoms with Crippen molar-refractivity contribution in [3.05, 3.63) is 36.4 Å². The number of aromatic nitrogens is 2. The van der Waals surface area contributed by atoms with E-state index in [0.717, 1.165) is 30.9 Å². The first-order valence-corrected chi connectivity index (χ1v) is 8.06. The number of nitrogens with zero attached hydrogens (tertiary/aromatic N) is 1. The summed E-state index contributed by atoms with van der Waals surface area (Å²) in [6.07, 6.45) is 5.28. The third kappa shape index (κ3) is 3.96. The summed E-state index contributed by atoms with van der Waals surface area (Å²) >= 11 is 0. The Labute approximate surface area is 124 Å². The fraction of sp³-hybridized carbons (Fsp3) is 0.308. The molecule has 0 aliphatic rings. The molecule has 1 heterocycles. The average molecular weight is 309 g/mol. The Balaban J connectivity index is 1.91. The first kappa shape index (κ1) is 15.3. The normalized spacial score (nSPS) is 11.5. The van der Waals surface area contributed by atoms with Crippen LogP contribution in [0, 0.1) is 0 Å². The fourth-order valence-electron chi connectivity index (χ4n) is 1.94. The molecule has 0 fully saturated rings. The molecule has 1 aromatic heterocycles. The van der Waals surface area contributed by atoms with Crippen LogP contribution in [-0.4, -0.2) is 32.0 Å². The molecule has 0 amide bonds. The van der Waals surface area contributed by atoms with Crippen LogP contribution < -0.4 is 15.8 Å². The van der Waals surface area contributed by atoms with Crippen LogP contribution in [0.3, 0.4) is 0 Å². The lowest BCUT2D eigenvalue weighted by molar-refractivity contribution is 0.588. The SMILES string of the molecule is CNS(=O)(=O)c1ccc(NCCCc2ncc[nH]2)cc1N. The number of sulfonamides is 1. The maximum atomic E-state index is 11.7.